The molecule has 2 amide bonds. The molecule has 108 valence electrons. The molecule has 0 bridgehead atoms. The average molecular weight is 270 g/mol. The molecule has 1 N–H and O–H groups in total. The second-order valence-corrected chi connectivity index (χ2v) is 6.07. The summed E-state index contributed by atoms with van der Waals surface area (Å²) in [4.78, 5) is 25.4. The van der Waals surface area contributed by atoms with Gasteiger partial charge in [0.05, 0.1) is 13.2 Å². The molecule has 1 heterocycles. The summed E-state index contributed by atoms with van der Waals surface area (Å²) in [5.41, 5.74) is -0.527. The van der Waals surface area contributed by atoms with Crippen molar-refractivity contribution in [3.63, 3.8) is 0 Å². The summed E-state index contributed by atoms with van der Waals surface area (Å²) < 4.78 is 10.7. The molecular weight excluding hydrogens is 248 g/mol. The molecule has 19 heavy (non-hydrogen) atoms. The van der Waals surface area contributed by atoms with E-state index < -0.39 is 11.7 Å². The van der Waals surface area contributed by atoms with E-state index in [1.165, 1.54) is 4.90 Å². The normalized spacial score (nSPS) is 23.9. The molecule has 0 aromatic heterocycles. The third kappa shape index (κ3) is 4.38. The highest BCUT2D eigenvalue weighted by Gasteiger charge is 2.34. The monoisotopic (exact) mass is 270 g/mol. The minimum absolute atomic E-state index is 0.129. The zero-order valence-electron chi connectivity index (χ0n) is 11.8. The SMILES string of the molecule is CC(C)(C)OC(=O)N1CCO[C@@H](C(=O)NC2CC2)C1. The van der Waals surface area contributed by atoms with Gasteiger partial charge in [0.15, 0.2) is 6.10 Å². The molecule has 0 aromatic rings. The van der Waals surface area contributed by atoms with Gasteiger partial charge < -0.3 is 19.7 Å². The summed E-state index contributed by atoms with van der Waals surface area (Å²) in [5, 5.41) is 2.89. The fourth-order valence-electron chi connectivity index (χ4n) is 1.82. The summed E-state index contributed by atoms with van der Waals surface area (Å²) in [7, 11) is 0. The Balaban J connectivity index is 1.85. The van der Waals surface area contributed by atoms with Crippen LogP contribution in [0, 0.1) is 0 Å². The maximum atomic E-state index is 11.9. The van der Waals surface area contributed by atoms with Crippen molar-refractivity contribution in [2.75, 3.05) is 19.7 Å². The van der Waals surface area contributed by atoms with Gasteiger partial charge in [-0.15, -0.1) is 0 Å². The van der Waals surface area contributed by atoms with E-state index in [1.807, 2.05) is 20.8 Å². The van der Waals surface area contributed by atoms with E-state index in [9.17, 15) is 9.59 Å². The molecule has 1 atom stereocenters. The van der Waals surface area contributed by atoms with Crippen LogP contribution in [0.1, 0.15) is 33.6 Å². The highest BCUT2D eigenvalue weighted by atomic mass is 16.6. The Morgan fingerprint density at radius 2 is 2.00 bits per heavy atom. The smallest absolute Gasteiger partial charge is 0.410 e. The molecule has 6 nitrogen and oxygen atoms in total. The molecule has 2 rings (SSSR count). The van der Waals surface area contributed by atoms with Gasteiger partial charge in [-0.2, -0.15) is 0 Å². The summed E-state index contributed by atoms with van der Waals surface area (Å²) in [5.74, 6) is -0.129. The summed E-state index contributed by atoms with van der Waals surface area (Å²) in [6.07, 6.45) is 1.10. The van der Waals surface area contributed by atoms with Crippen LogP contribution in [0.25, 0.3) is 0 Å². The van der Waals surface area contributed by atoms with Crippen LogP contribution >= 0.6 is 0 Å². The molecule has 1 saturated heterocycles. The summed E-state index contributed by atoms with van der Waals surface area (Å²) in [6.45, 7) is 6.55. The fraction of sp³-hybridized carbons (Fsp3) is 0.846. The Hall–Kier alpha value is -1.30. The highest BCUT2D eigenvalue weighted by Crippen LogP contribution is 2.19. The van der Waals surface area contributed by atoms with E-state index >= 15 is 0 Å². The number of hydrogen-bond donors (Lipinski definition) is 1. The standard InChI is InChI=1S/C13H22N2O4/c1-13(2,3)19-12(17)15-6-7-18-10(8-15)11(16)14-9-4-5-9/h9-10H,4-8H2,1-3H3,(H,14,16)/t10-/m1/s1. The Bertz CT molecular complexity index is 360. The molecule has 0 radical (unpaired) electrons. The van der Waals surface area contributed by atoms with Crippen LogP contribution in [0.15, 0.2) is 0 Å². The minimum Gasteiger partial charge on any atom is -0.444 e. The number of rotatable bonds is 2. The number of ether oxygens (including phenoxy) is 2. The molecule has 6 heteroatoms. The number of amides is 2. The topological polar surface area (TPSA) is 67.9 Å². The van der Waals surface area contributed by atoms with Gasteiger partial charge >= 0.3 is 6.09 Å². The van der Waals surface area contributed by atoms with Gasteiger partial charge in [0, 0.05) is 12.6 Å². The van der Waals surface area contributed by atoms with Crippen LogP contribution in [0.4, 0.5) is 4.79 Å². The first kappa shape index (κ1) is 14.1. The van der Waals surface area contributed by atoms with Crippen LogP contribution in [-0.4, -0.2) is 54.3 Å². The summed E-state index contributed by atoms with van der Waals surface area (Å²) in [6, 6.07) is 0.299. The van der Waals surface area contributed by atoms with E-state index in [2.05, 4.69) is 5.32 Å². The molecule has 1 aliphatic heterocycles. The first-order valence-corrected chi connectivity index (χ1v) is 6.75. The van der Waals surface area contributed by atoms with E-state index in [0.717, 1.165) is 12.8 Å². The van der Waals surface area contributed by atoms with Gasteiger partial charge in [0.25, 0.3) is 5.91 Å². The Labute approximate surface area is 113 Å². The van der Waals surface area contributed by atoms with Gasteiger partial charge in [-0.3, -0.25) is 4.79 Å². The maximum absolute atomic E-state index is 11.9. The van der Waals surface area contributed by atoms with Gasteiger partial charge in [0.2, 0.25) is 0 Å². The lowest BCUT2D eigenvalue weighted by Crippen LogP contribution is -2.52. The Morgan fingerprint density at radius 1 is 1.32 bits per heavy atom. The third-order valence-corrected chi connectivity index (χ3v) is 2.93. The number of carbonyl (C=O) groups excluding carboxylic acids is 2. The molecule has 0 aromatic carbocycles. The molecule has 0 unspecified atom stereocenters. The quantitative estimate of drug-likeness (QED) is 0.809. The van der Waals surface area contributed by atoms with E-state index in [1.54, 1.807) is 0 Å². The summed E-state index contributed by atoms with van der Waals surface area (Å²) >= 11 is 0. The number of nitrogens with zero attached hydrogens (tertiary/aromatic N) is 1. The lowest BCUT2D eigenvalue weighted by molar-refractivity contribution is -0.138. The van der Waals surface area contributed by atoms with Crippen molar-refractivity contribution >= 4 is 12.0 Å². The predicted molar refractivity (Wildman–Crippen MR) is 68.7 cm³/mol. The average Bonchev–Trinajstić information content (AvgIpc) is 3.11. The Morgan fingerprint density at radius 3 is 2.58 bits per heavy atom. The number of carbonyl (C=O) groups is 2. The van der Waals surface area contributed by atoms with Crippen molar-refractivity contribution in [3.05, 3.63) is 0 Å². The van der Waals surface area contributed by atoms with Crippen LogP contribution < -0.4 is 5.32 Å². The number of morpholine rings is 1. The predicted octanol–water partition coefficient (Wildman–Crippen LogP) is 0.901. The third-order valence-electron chi connectivity index (χ3n) is 2.93. The van der Waals surface area contributed by atoms with Gasteiger partial charge in [0.1, 0.15) is 5.60 Å². The molecular formula is C13H22N2O4. The first-order chi connectivity index (χ1) is 8.85. The van der Waals surface area contributed by atoms with Gasteiger partial charge in [-0.25, -0.2) is 4.79 Å². The van der Waals surface area contributed by atoms with E-state index in [-0.39, 0.29) is 18.5 Å². The zero-order valence-corrected chi connectivity index (χ0v) is 11.8. The van der Waals surface area contributed by atoms with Crippen molar-refractivity contribution in [2.24, 2.45) is 0 Å². The minimum atomic E-state index is -0.582. The van der Waals surface area contributed by atoms with Crippen molar-refractivity contribution in [3.8, 4) is 0 Å². The lowest BCUT2D eigenvalue weighted by atomic mass is 10.2. The number of nitrogens with one attached hydrogen (secondary N) is 1. The van der Waals surface area contributed by atoms with Crippen LogP contribution in [0.2, 0.25) is 0 Å². The second kappa shape index (κ2) is 5.36. The van der Waals surface area contributed by atoms with Crippen molar-refractivity contribution in [2.45, 2.75) is 51.4 Å². The second-order valence-electron chi connectivity index (χ2n) is 6.07. The number of hydrogen-bond acceptors (Lipinski definition) is 4. The van der Waals surface area contributed by atoms with Crippen molar-refractivity contribution in [1.29, 1.82) is 0 Å². The van der Waals surface area contributed by atoms with Gasteiger partial charge in [-0.05, 0) is 33.6 Å². The molecule has 0 spiro atoms. The van der Waals surface area contributed by atoms with E-state index in [4.69, 9.17) is 9.47 Å². The molecule has 1 aliphatic carbocycles. The maximum Gasteiger partial charge on any atom is 0.410 e. The lowest BCUT2D eigenvalue weighted by Gasteiger charge is -2.33. The molecule has 2 aliphatic rings. The van der Waals surface area contributed by atoms with Crippen LogP contribution in [-0.2, 0) is 14.3 Å². The highest BCUT2D eigenvalue weighted by molar-refractivity contribution is 5.82. The van der Waals surface area contributed by atoms with E-state index in [0.29, 0.717) is 19.2 Å². The largest absolute Gasteiger partial charge is 0.444 e. The van der Waals surface area contributed by atoms with Crippen molar-refractivity contribution in [1.82, 2.24) is 10.2 Å². The molecule has 1 saturated carbocycles. The molecule has 2 fully saturated rings. The van der Waals surface area contributed by atoms with Crippen molar-refractivity contribution < 1.29 is 19.1 Å². The van der Waals surface area contributed by atoms with Crippen LogP contribution in [0.5, 0.6) is 0 Å². The van der Waals surface area contributed by atoms with Gasteiger partial charge in [-0.1, -0.05) is 0 Å². The first-order valence-electron chi connectivity index (χ1n) is 6.75. The van der Waals surface area contributed by atoms with Crippen LogP contribution in [0.3, 0.4) is 0 Å². The fourth-order valence-corrected chi connectivity index (χ4v) is 1.82. The zero-order chi connectivity index (χ0) is 14.0. The Kier molecular flexibility index (Phi) is 3.99.